The van der Waals surface area contributed by atoms with Crippen LogP contribution >= 0.6 is 15.9 Å². The van der Waals surface area contributed by atoms with Gasteiger partial charge in [0.1, 0.15) is 5.82 Å². The van der Waals surface area contributed by atoms with Gasteiger partial charge in [-0.15, -0.1) is 0 Å². The summed E-state index contributed by atoms with van der Waals surface area (Å²) in [6, 6.07) is 3.36. The van der Waals surface area contributed by atoms with Crippen LogP contribution in [0, 0.1) is 5.82 Å². The number of carbonyl (C=O) groups is 1. The van der Waals surface area contributed by atoms with Crippen molar-refractivity contribution >= 4 is 22.0 Å². The number of halogens is 4. The third-order valence-corrected chi connectivity index (χ3v) is 2.74. The van der Waals surface area contributed by atoms with Crippen LogP contribution in [0.1, 0.15) is 5.56 Å². The number of primary amides is 1. The zero-order valence-electron chi connectivity index (χ0n) is 9.00. The first-order valence-corrected chi connectivity index (χ1v) is 5.48. The molecule has 0 aliphatic heterocycles. The quantitative estimate of drug-likeness (QED) is 0.864. The number of amides is 1. The maximum absolute atomic E-state index is 13.6. The summed E-state index contributed by atoms with van der Waals surface area (Å²) < 4.78 is 44.6. The van der Waals surface area contributed by atoms with Gasteiger partial charge < -0.3 is 10.5 Å². The summed E-state index contributed by atoms with van der Waals surface area (Å²) in [7, 11) is 0. The number of nitrogens with two attached hydrogens (primary N) is 1. The number of carbonyl (C=O) groups excluding carboxylic acids is 1. The highest BCUT2D eigenvalue weighted by molar-refractivity contribution is 9.10. The minimum atomic E-state index is -3.22. The Kier molecular flexibility index (Phi) is 4.39. The van der Waals surface area contributed by atoms with E-state index in [0.717, 1.165) is 12.1 Å². The highest BCUT2D eigenvalue weighted by Gasteiger charge is 2.45. The van der Waals surface area contributed by atoms with Crippen molar-refractivity contribution in [2.75, 3.05) is 0 Å². The molecule has 98 valence electrons. The summed E-state index contributed by atoms with van der Waals surface area (Å²) in [5, 5.41) is 0. The first-order valence-electron chi connectivity index (χ1n) is 4.69. The summed E-state index contributed by atoms with van der Waals surface area (Å²) in [6.45, 7) is 3.16. The molecule has 1 aromatic rings. The van der Waals surface area contributed by atoms with Crippen molar-refractivity contribution in [2.24, 2.45) is 5.73 Å². The zero-order valence-corrected chi connectivity index (χ0v) is 10.6. The molecule has 0 aliphatic carbocycles. The fourth-order valence-electron chi connectivity index (χ4n) is 1.42. The summed E-state index contributed by atoms with van der Waals surface area (Å²) in [4.78, 5) is 10.7. The molecule has 0 bridgehead atoms. The van der Waals surface area contributed by atoms with Gasteiger partial charge in [-0.05, 0) is 24.3 Å². The largest absolute Gasteiger partial charge is 0.428 e. The van der Waals surface area contributed by atoms with Crippen LogP contribution in [0.4, 0.5) is 18.0 Å². The lowest BCUT2D eigenvalue weighted by molar-refractivity contribution is -0.0732. The monoisotopic (exact) mass is 323 g/mol. The van der Waals surface area contributed by atoms with Crippen LogP contribution in [0.2, 0.25) is 0 Å². The van der Waals surface area contributed by atoms with Crippen molar-refractivity contribution in [1.82, 2.24) is 0 Å². The molecule has 0 saturated carbocycles. The standard InChI is InChI=1S/C11H9BrF3NO2/c1-2-11(9(14)15,18-10(16)17)7-5-6(12)3-4-8(7)13/h2-5,9H,1H2,(H2,16,17). The molecule has 0 spiro atoms. The van der Waals surface area contributed by atoms with Crippen LogP contribution in [0.3, 0.4) is 0 Å². The smallest absolute Gasteiger partial charge is 0.405 e. The van der Waals surface area contributed by atoms with E-state index in [0.29, 0.717) is 10.5 Å². The molecule has 2 N–H and O–H groups in total. The van der Waals surface area contributed by atoms with Gasteiger partial charge in [-0.1, -0.05) is 22.5 Å². The Bertz CT molecular complexity index is 481. The second-order valence-corrected chi connectivity index (χ2v) is 4.26. The number of alkyl halides is 2. The molecule has 0 aliphatic rings. The van der Waals surface area contributed by atoms with Crippen LogP contribution in [-0.2, 0) is 10.3 Å². The van der Waals surface area contributed by atoms with E-state index in [2.05, 4.69) is 27.2 Å². The lowest BCUT2D eigenvalue weighted by Crippen LogP contribution is -2.40. The van der Waals surface area contributed by atoms with Gasteiger partial charge in [-0.2, -0.15) is 0 Å². The highest BCUT2D eigenvalue weighted by atomic mass is 79.9. The summed E-state index contributed by atoms with van der Waals surface area (Å²) in [5.74, 6) is -0.959. The molecule has 0 heterocycles. The average Bonchev–Trinajstić information content (AvgIpc) is 2.28. The molecule has 0 radical (unpaired) electrons. The molecule has 0 saturated heterocycles. The Hall–Kier alpha value is -1.50. The Morgan fingerprint density at radius 1 is 1.56 bits per heavy atom. The molecular weight excluding hydrogens is 315 g/mol. The van der Waals surface area contributed by atoms with E-state index in [-0.39, 0.29) is 0 Å². The molecule has 18 heavy (non-hydrogen) atoms. The Balaban J connectivity index is 3.46. The van der Waals surface area contributed by atoms with Crippen molar-refractivity contribution in [1.29, 1.82) is 0 Å². The molecule has 0 fully saturated rings. The van der Waals surface area contributed by atoms with Crippen LogP contribution in [-0.4, -0.2) is 12.5 Å². The van der Waals surface area contributed by atoms with Crippen molar-refractivity contribution in [3.8, 4) is 0 Å². The van der Waals surface area contributed by atoms with Gasteiger partial charge >= 0.3 is 6.09 Å². The second kappa shape index (κ2) is 5.43. The fourth-order valence-corrected chi connectivity index (χ4v) is 1.78. The summed E-state index contributed by atoms with van der Waals surface area (Å²) >= 11 is 3.02. The predicted octanol–water partition coefficient (Wildman–Crippen LogP) is 3.33. The molecule has 3 nitrogen and oxygen atoms in total. The molecule has 1 aromatic carbocycles. The molecule has 7 heteroatoms. The minimum Gasteiger partial charge on any atom is -0.428 e. The van der Waals surface area contributed by atoms with E-state index in [4.69, 9.17) is 5.73 Å². The van der Waals surface area contributed by atoms with Crippen molar-refractivity contribution in [3.63, 3.8) is 0 Å². The molecule has 1 unspecified atom stereocenters. The van der Waals surface area contributed by atoms with Gasteiger partial charge in [0.2, 0.25) is 5.60 Å². The van der Waals surface area contributed by atoms with Crippen molar-refractivity contribution in [2.45, 2.75) is 12.0 Å². The van der Waals surface area contributed by atoms with E-state index in [1.165, 1.54) is 6.07 Å². The number of benzene rings is 1. The fraction of sp³-hybridized carbons (Fsp3) is 0.182. The Morgan fingerprint density at radius 2 is 2.17 bits per heavy atom. The Morgan fingerprint density at radius 3 is 2.61 bits per heavy atom. The number of rotatable bonds is 4. The van der Waals surface area contributed by atoms with E-state index in [1.807, 2.05) is 0 Å². The summed E-state index contributed by atoms with van der Waals surface area (Å²) in [5.41, 5.74) is 1.60. The normalized spacial score (nSPS) is 14.1. The summed E-state index contributed by atoms with van der Waals surface area (Å²) in [6.07, 6.45) is -4.02. The lowest BCUT2D eigenvalue weighted by Gasteiger charge is -2.29. The van der Waals surface area contributed by atoms with Crippen molar-refractivity contribution in [3.05, 3.63) is 46.7 Å². The van der Waals surface area contributed by atoms with Gasteiger partial charge in [0, 0.05) is 10.0 Å². The number of hydrogen-bond acceptors (Lipinski definition) is 2. The molecule has 1 atom stereocenters. The SMILES string of the molecule is C=CC(OC(N)=O)(c1cc(Br)ccc1F)C(F)F. The molecule has 1 rings (SSSR count). The topological polar surface area (TPSA) is 52.3 Å². The van der Waals surface area contributed by atoms with Crippen LogP contribution in [0.15, 0.2) is 35.3 Å². The average molecular weight is 324 g/mol. The van der Waals surface area contributed by atoms with Gasteiger partial charge in [-0.3, -0.25) is 0 Å². The second-order valence-electron chi connectivity index (χ2n) is 3.34. The van der Waals surface area contributed by atoms with Gasteiger partial charge in [0.25, 0.3) is 6.43 Å². The maximum Gasteiger partial charge on any atom is 0.405 e. The molecular formula is C11H9BrF3NO2. The van der Waals surface area contributed by atoms with E-state index in [1.54, 1.807) is 0 Å². The molecule has 0 aromatic heterocycles. The first kappa shape index (κ1) is 14.6. The van der Waals surface area contributed by atoms with E-state index < -0.39 is 29.5 Å². The number of ether oxygens (including phenoxy) is 1. The van der Waals surface area contributed by atoms with Crippen LogP contribution in [0.25, 0.3) is 0 Å². The third kappa shape index (κ3) is 2.66. The maximum atomic E-state index is 13.6. The predicted molar refractivity (Wildman–Crippen MR) is 62.6 cm³/mol. The van der Waals surface area contributed by atoms with Crippen LogP contribution < -0.4 is 5.73 Å². The van der Waals surface area contributed by atoms with Gasteiger partial charge in [0.15, 0.2) is 0 Å². The van der Waals surface area contributed by atoms with Crippen LogP contribution in [0.5, 0.6) is 0 Å². The zero-order chi connectivity index (χ0) is 13.9. The minimum absolute atomic E-state index is 0.346. The first-order chi connectivity index (χ1) is 8.33. The molecule has 1 amide bonds. The lowest BCUT2D eigenvalue weighted by atomic mass is 9.93. The van der Waals surface area contributed by atoms with Gasteiger partial charge in [-0.25, -0.2) is 18.0 Å². The van der Waals surface area contributed by atoms with Crippen molar-refractivity contribution < 1.29 is 22.7 Å². The van der Waals surface area contributed by atoms with E-state index >= 15 is 0 Å². The Labute approximate surface area is 110 Å². The number of hydrogen-bond donors (Lipinski definition) is 1. The van der Waals surface area contributed by atoms with E-state index in [9.17, 15) is 18.0 Å². The third-order valence-electron chi connectivity index (χ3n) is 2.25. The highest BCUT2D eigenvalue weighted by Crippen LogP contribution is 2.36. The van der Waals surface area contributed by atoms with Gasteiger partial charge in [0.05, 0.1) is 0 Å².